The van der Waals surface area contributed by atoms with Crippen LogP contribution in [-0.2, 0) is 0 Å². The van der Waals surface area contributed by atoms with Crippen LogP contribution < -0.4 is 14.2 Å². The molecule has 0 amide bonds. The van der Waals surface area contributed by atoms with E-state index in [1.54, 1.807) is 32.0 Å². The minimum Gasteiger partial charge on any atom is -0.493 e. The fraction of sp³-hybridized carbons (Fsp3) is 0.125. The molecule has 0 radical (unpaired) electrons. The first-order chi connectivity index (χ1) is 15.6. The number of hydrogen-bond donors (Lipinski definition) is 0. The quantitative estimate of drug-likeness (QED) is 0.365. The zero-order chi connectivity index (χ0) is 22.2. The highest BCUT2D eigenvalue weighted by Crippen LogP contribution is 2.42. The minimum atomic E-state index is 0.522. The van der Waals surface area contributed by atoms with Gasteiger partial charge in [-0.25, -0.2) is 14.5 Å². The zero-order valence-electron chi connectivity index (χ0n) is 17.7. The maximum Gasteiger partial charge on any atom is 0.203 e. The molecule has 0 spiro atoms. The van der Waals surface area contributed by atoms with Crippen molar-refractivity contribution in [1.82, 2.24) is 19.6 Å². The molecule has 7 nitrogen and oxygen atoms in total. The van der Waals surface area contributed by atoms with Crippen LogP contribution in [0.2, 0.25) is 5.02 Å². The molecule has 0 fully saturated rings. The molecule has 0 aliphatic carbocycles. The Labute approximate surface area is 189 Å². The van der Waals surface area contributed by atoms with E-state index >= 15 is 0 Å². The van der Waals surface area contributed by atoms with Crippen molar-refractivity contribution in [2.75, 3.05) is 21.3 Å². The molecule has 0 N–H and O–H groups in total. The molecule has 0 aliphatic rings. The maximum atomic E-state index is 6.09. The first kappa shape index (κ1) is 20.1. The molecule has 160 valence electrons. The van der Waals surface area contributed by atoms with Gasteiger partial charge in [-0.15, -0.1) is 5.10 Å². The van der Waals surface area contributed by atoms with Crippen LogP contribution in [0.25, 0.3) is 39.2 Å². The molecule has 8 heteroatoms. The third kappa shape index (κ3) is 3.27. The summed E-state index contributed by atoms with van der Waals surface area (Å²) in [4.78, 5) is 9.30. The topological polar surface area (TPSA) is 70.8 Å². The summed E-state index contributed by atoms with van der Waals surface area (Å²) in [5.74, 6) is 1.62. The Morgan fingerprint density at radius 1 is 0.844 bits per heavy atom. The van der Waals surface area contributed by atoms with E-state index in [9.17, 15) is 0 Å². The van der Waals surface area contributed by atoms with Crippen LogP contribution in [0, 0.1) is 0 Å². The van der Waals surface area contributed by atoms with Gasteiger partial charge in [-0.3, -0.25) is 0 Å². The zero-order valence-corrected chi connectivity index (χ0v) is 18.4. The van der Waals surface area contributed by atoms with E-state index in [0.717, 1.165) is 27.9 Å². The second-order valence-corrected chi connectivity index (χ2v) is 7.49. The van der Waals surface area contributed by atoms with Gasteiger partial charge < -0.3 is 14.2 Å². The van der Waals surface area contributed by atoms with Gasteiger partial charge in [0.2, 0.25) is 5.75 Å². The normalized spacial score (nSPS) is 11.1. The second-order valence-electron chi connectivity index (χ2n) is 7.06. The molecule has 0 atom stereocenters. The Balaban J connectivity index is 1.85. The molecule has 0 bridgehead atoms. The molecule has 5 aromatic rings. The second kappa shape index (κ2) is 8.01. The van der Waals surface area contributed by atoms with Gasteiger partial charge in [0.05, 0.1) is 38.1 Å². The van der Waals surface area contributed by atoms with Crippen LogP contribution in [0.1, 0.15) is 0 Å². The lowest BCUT2D eigenvalue weighted by Crippen LogP contribution is -2.00. The molecule has 0 aliphatic heterocycles. The van der Waals surface area contributed by atoms with E-state index in [4.69, 9.17) is 35.9 Å². The lowest BCUT2D eigenvalue weighted by atomic mass is 10.1. The Morgan fingerprint density at radius 3 is 2.22 bits per heavy atom. The summed E-state index contributed by atoms with van der Waals surface area (Å²) in [6, 6.07) is 17.2. The van der Waals surface area contributed by atoms with Crippen molar-refractivity contribution in [3.63, 3.8) is 0 Å². The number of pyridine rings is 1. The minimum absolute atomic E-state index is 0.522. The Morgan fingerprint density at radius 2 is 1.56 bits per heavy atom. The van der Waals surface area contributed by atoms with E-state index in [2.05, 4.69) is 4.98 Å². The van der Waals surface area contributed by atoms with E-state index in [1.165, 1.54) is 0 Å². The highest BCUT2D eigenvalue weighted by molar-refractivity contribution is 6.30. The summed E-state index contributed by atoms with van der Waals surface area (Å²) in [6.45, 7) is 0. The van der Waals surface area contributed by atoms with Gasteiger partial charge in [0, 0.05) is 22.3 Å². The van der Waals surface area contributed by atoms with Crippen LogP contribution in [0.5, 0.6) is 17.2 Å². The van der Waals surface area contributed by atoms with Gasteiger partial charge in [0.1, 0.15) is 0 Å². The standard InChI is InChI=1S/C24H19ClN4O3/c1-30-20-11-15(12-21(31-2)22(20)32-3)19-13-18(14-6-8-16(25)9-7-14)27-24-17-5-4-10-26-23(17)28-29(19)24/h4-13H,1-3H3. The van der Waals surface area contributed by atoms with E-state index in [0.29, 0.717) is 33.6 Å². The van der Waals surface area contributed by atoms with Crippen molar-refractivity contribution in [3.05, 3.63) is 65.8 Å². The predicted molar refractivity (Wildman–Crippen MR) is 124 cm³/mol. The fourth-order valence-electron chi connectivity index (χ4n) is 3.72. The number of rotatable bonds is 5. The van der Waals surface area contributed by atoms with Gasteiger partial charge in [-0.2, -0.15) is 0 Å². The summed E-state index contributed by atoms with van der Waals surface area (Å²) < 4.78 is 18.4. The highest BCUT2D eigenvalue weighted by atomic mass is 35.5. The van der Waals surface area contributed by atoms with Gasteiger partial charge in [-0.1, -0.05) is 23.7 Å². The smallest absolute Gasteiger partial charge is 0.203 e. The number of methoxy groups -OCH3 is 3. The number of benzene rings is 2. The van der Waals surface area contributed by atoms with Gasteiger partial charge in [0.15, 0.2) is 22.8 Å². The predicted octanol–water partition coefficient (Wildman–Crippen LogP) is 5.29. The summed E-state index contributed by atoms with van der Waals surface area (Å²) in [5, 5.41) is 6.23. The summed E-state index contributed by atoms with van der Waals surface area (Å²) in [5.41, 5.74) is 4.66. The molecule has 0 unspecified atom stereocenters. The number of fused-ring (bicyclic) bond motifs is 3. The van der Waals surface area contributed by atoms with E-state index < -0.39 is 0 Å². The SMILES string of the molecule is COc1cc(-c2cc(-c3ccc(Cl)cc3)nc3c4cccnc4nn23)cc(OC)c1OC. The summed E-state index contributed by atoms with van der Waals surface area (Å²) in [7, 11) is 4.76. The number of halogens is 1. The van der Waals surface area contributed by atoms with Crippen molar-refractivity contribution in [2.24, 2.45) is 0 Å². The van der Waals surface area contributed by atoms with Crippen molar-refractivity contribution >= 4 is 28.3 Å². The third-order valence-corrected chi connectivity index (χ3v) is 5.50. The molecule has 0 saturated carbocycles. The van der Waals surface area contributed by atoms with Crippen molar-refractivity contribution in [1.29, 1.82) is 0 Å². The van der Waals surface area contributed by atoms with Crippen LogP contribution in [0.15, 0.2) is 60.8 Å². The van der Waals surface area contributed by atoms with E-state index in [-0.39, 0.29) is 0 Å². The number of aromatic nitrogens is 4. The van der Waals surface area contributed by atoms with Crippen molar-refractivity contribution in [3.8, 4) is 39.8 Å². The van der Waals surface area contributed by atoms with E-state index in [1.807, 2.05) is 54.6 Å². The molecular formula is C24H19ClN4O3. The fourth-order valence-corrected chi connectivity index (χ4v) is 3.85. The Kier molecular flexibility index (Phi) is 5.03. The van der Waals surface area contributed by atoms with Crippen LogP contribution >= 0.6 is 11.6 Å². The van der Waals surface area contributed by atoms with Crippen molar-refractivity contribution < 1.29 is 14.2 Å². The van der Waals surface area contributed by atoms with Crippen LogP contribution in [-0.4, -0.2) is 40.9 Å². The largest absolute Gasteiger partial charge is 0.493 e. The van der Waals surface area contributed by atoms with Gasteiger partial charge >= 0.3 is 0 Å². The molecule has 3 heterocycles. The average molecular weight is 447 g/mol. The summed E-state index contributed by atoms with van der Waals surface area (Å²) >= 11 is 6.09. The first-order valence-electron chi connectivity index (χ1n) is 9.83. The monoisotopic (exact) mass is 446 g/mol. The Hall–Kier alpha value is -3.84. The highest BCUT2D eigenvalue weighted by Gasteiger charge is 2.19. The van der Waals surface area contributed by atoms with Crippen LogP contribution in [0.4, 0.5) is 0 Å². The summed E-state index contributed by atoms with van der Waals surface area (Å²) in [6.07, 6.45) is 1.72. The molecule has 3 aromatic heterocycles. The van der Waals surface area contributed by atoms with Crippen LogP contribution in [0.3, 0.4) is 0 Å². The molecule has 2 aromatic carbocycles. The van der Waals surface area contributed by atoms with Gasteiger partial charge in [0.25, 0.3) is 0 Å². The average Bonchev–Trinajstić information content (AvgIpc) is 3.21. The van der Waals surface area contributed by atoms with Crippen molar-refractivity contribution in [2.45, 2.75) is 0 Å². The number of ether oxygens (including phenoxy) is 3. The molecule has 0 saturated heterocycles. The molecule has 5 rings (SSSR count). The lowest BCUT2D eigenvalue weighted by Gasteiger charge is -2.15. The molecule has 32 heavy (non-hydrogen) atoms. The molecular weight excluding hydrogens is 428 g/mol. The number of nitrogens with zero attached hydrogens (tertiary/aromatic N) is 4. The maximum absolute atomic E-state index is 6.09. The third-order valence-electron chi connectivity index (χ3n) is 5.25. The first-order valence-corrected chi connectivity index (χ1v) is 10.2. The van der Waals surface area contributed by atoms with Gasteiger partial charge in [-0.05, 0) is 42.5 Å². The lowest BCUT2D eigenvalue weighted by molar-refractivity contribution is 0.324. The Bertz CT molecular complexity index is 1420. The number of hydrogen-bond acceptors (Lipinski definition) is 6.